The Morgan fingerprint density at radius 1 is 0.957 bits per heavy atom. The van der Waals surface area contributed by atoms with Crippen molar-refractivity contribution in [2.24, 2.45) is 11.8 Å². The number of allylic oxidation sites excluding steroid dienone is 3. The molecule has 2 aliphatic heterocycles. The third-order valence-corrected chi connectivity index (χ3v) is 9.15. The van der Waals surface area contributed by atoms with Crippen molar-refractivity contribution >= 4 is 23.9 Å². The van der Waals surface area contributed by atoms with Gasteiger partial charge in [0.25, 0.3) is 0 Å². The lowest BCUT2D eigenvalue weighted by atomic mass is 9.77. The number of carboxylic acids is 3. The van der Waals surface area contributed by atoms with Gasteiger partial charge in [-0.15, -0.1) is 0 Å². The van der Waals surface area contributed by atoms with Gasteiger partial charge < -0.3 is 34.6 Å². The fourth-order valence-corrected chi connectivity index (χ4v) is 6.15. The second-order valence-corrected chi connectivity index (χ2v) is 13.2. The normalized spacial score (nSPS) is 28.4. The summed E-state index contributed by atoms with van der Waals surface area (Å²) in [7, 11) is 0. The minimum atomic E-state index is -1.08. The molecular formula is C36H54O11. The Morgan fingerprint density at radius 2 is 1.68 bits per heavy atom. The molecule has 0 saturated carbocycles. The Kier molecular flexibility index (Phi) is 16.0. The Labute approximate surface area is 278 Å². The standard InChI is InChI=1S/C36H54O11/c1-6-7-19-35(47-34(44)17-16-32(40)41)21-22-36(46-30(35)14-10-25(3)23-33(42)43)20-18-27(5)29(45-36)13-9-24(2)8-12-28(37)26(4)11-15-31(38)39/h8-9,11-12,15,23,26-30,37H,6-7,10,13-14,16-22H2,1-5H3,(H,38,39)(H,40,41)(H,42,43)/b12-8+,15-11+,24-9-,25-23+. The van der Waals surface area contributed by atoms with Crippen LogP contribution in [0.15, 0.2) is 47.6 Å². The van der Waals surface area contributed by atoms with Gasteiger partial charge in [0.1, 0.15) is 11.7 Å². The van der Waals surface area contributed by atoms with E-state index in [2.05, 4.69) is 6.92 Å². The number of aliphatic carboxylic acids is 3. The summed E-state index contributed by atoms with van der Waals surface area (Å²) in [6.45, 7) is 9.57. The first-order valence-corrected chi connectivity index (χ1v) is 16.7. The van der Waals surface area contributed by atoms with Crippen LogP contribution in [0.25, 0.3) is 0 Å². The minimum Gasteiger partial charge on any atom is -0.481 e. The lowest BCUT2D eigenvalue weighted by molar-refractivity contribution is -0.353. The number of hydrogen-bond acceptors (Lipinski definition) is 8. The van der Waals surface area contributed by atoms with Gasteiger partial charge in [-0.25, -0.2) is 9.59 Å². The first-order valence-electron chi connectivity index (χ1n) is 16.7. The molecule has 0 aliphatic carbocycles. The van der Waals surface area contributed by atoms with Crippen LogP contribution in [0.3, 0.4) is 0 Å². The molecule has 0 aromatic heterocycles. The van der Waals surface area contributed by atoms with E-state index in [4.69, 9.17) is 24.4 Å². The molecule has 2 aliphatic rings. The van der Waals surface area contributed by atoms with Gasteiger partial charge in [0.2, 0.25) is 0 Å². The van der Waals surface area contributed by atoms with Crippen LogP contribution < -0.4 is 0 Å². The van der Waals surface area contributed by atoms with Gasteiger partial charge in [0, 0.05) is 30.9 Å². The quantitative estimate of drug-likeness (QED) is 0.0730. The number of aliphatic hydroxyl groups is 1. The van der Waals surface area contributed by atoms with Gasteiger partial charge >= 0.3 is 23.9 Å². The van der Waals surface area contributed by atoms with Gasteiger partial charge in [-0.05, 0) is 64.7 Å². The zero-order chi connectivity index (χ0) is 35.2. The topological polar surface area (TPSA) is 177 Å². The van der Waals surface area contributed by atoms with E-state index < -0.39 is 47.5 Å². The van der Waals surface area contributed by atoms with Gasteiger partial charge in [-0.2, -0.15) is 0 Å². The van der Waals surface area contributed by atoms with Crippen LogP contribution in [-0.2, 0) is 33.4 Å². The van der Waals surface area contributed by atoms with Gasteiger partial charge in [0.15, 0.2) is 5.79 Å². The zero-order valence-electron chi connectivity index (χ0n) is 28.5. The second kappa shape index (κ2) is 18.9. The molecular weight excluding hydrogens is 608 g/mol. The van der Waals surface area contributed by atoms with E-state index in [0.717, 1.165) is 37.0 Å². The summed E-state index contributed by atoms with van der Waals surface area (Å²) in [4.78, 5) is 46.1. The monoisotopic (exact) mass is 662 g/mol. The minimum absolute atomic E-state index is 0.162. The Morgan fingerprint density at radius 3 is 2.32 bits per heavy atom. The first-order chi connectivity index (χ1) is 22.1. The second-order valence-electron chi connectivity index (χ2n) is 13.2. The van der Waals surface area contributed by atoms with Crippen LogP contribution >= 0.6 is 0 Å². The van der Waals surface area contributed by atoms with E-state index in [1.165, 1.54) is 6.08 Å². The van der Waals surface area contributed by atoms with E-state index in [1.54, 1.807) is 26.0 Å². The number of ether oxygens (including phenoxy) is 3. The molecule has 2 fully saturated rings. The predicted octanol–water partition coefficient (Wildman–Crippen LogP) is 6.36. The molecule has 0 radical (unpaired) electrons. The third-order valence-electron chi connectivity index (χ3n) is 9.15. The predicted molar refractivity (Wildman–Crippen MR) is 175 cm³/mol. The number of carbonyl (C=O) groups excluding carboxylic acids is 1. The molecule has 11 nitrogen and oxygen atoms in total. The number of carbonyl (C=O) groups is 4. The molecule has 2 rings (SSSR count). The van der Waals surface area contributed by atoms with Crippen LogP contribution in [0.4, 0.5) is 0 Å². The maximum Gasteiger partial charge on any atom is 0.328 e. The summed E-state index contributed by atoms with van der Waals surface area (Å²) >= 11 is 0. The fourth-order valence-electron chi connectivity index (χ4n) is 6.15. The fraction of sp³-hybridized carbons (Fsp3) is 0.667. The van der Waals surface area contributed by atoms with Crippen LogP contribution in [0.5, 0.6) is 0 Å². The van der Waals surface area contributed by atoms with Crippen molar-refractivity contribution in [2.75, 3.05) is 0 Å². The summed E-state index contributed by atoms with van der Waals surface area (Å²) in [6.07, 6.45) is 13.0. The van der Waals surface area contributed by atoms with Gasteiger partial charge in [0.05, 0.1) is 25.0 Å². The number of unbranched alkanes of at least 4 members (excludes halogenated alkanes) is 1. The molecule has 0 amide bonds. The van der Waals surface area contributed by atoms with Crippen LogP contribution in [0.1, 0.15) is 112 Å². The highest BCUT2D eigenvalue weighted by Gasteiger charge is 2.54. The summed E-state index contributed by atoms with van der Waals surface area (Å²) in [6, 6.07) is 0. The van der Waals surface area contributed by atoms with Crippen molar-refractivity contribution in [1.29, 1.82) is 0 Å². The van der Waals surface area contributed by atoms with Crippen molar-refractivity contribution in [1.82, 2.24) is 0 Å². The van der Waals surface area contributed by atoms with Gasteiger partial charge in [-0.1, -0.05) is 62.6 Å². The molecule has 0 bridgehead atoms. The highest BCUT2D eigenvalue weighted by molar-refractivity contribution is 5.80. The summed E-state index contributed by atoms with van der Waals surface area (Å²) < 4.78 is 19.7. The van der Waals surface area contributed by atoms with E-state index in [1.807, 2.05) is 19.9 Å². The van der Waals surface area contributed by atoms with E-state index in [0.29, 0.717) is 50.5 Å². The molecule has 0 aromatic carbocycles. The number of esters is 1. The van der Waals surface area contributed by atoms with E-state index >= 15 is 0 Å². The van der Waals surface area contributed by atoms with Crippen LogP contribution in [0.2, 0.25) is 0 Å². The maximum atomic E-state index is 12.9. The molecule has 7 unspecified atom stereocenters. The van der Waals surface area contributed by atoms with E-state index in [9.17, 15) is 29.4 Å². The first kappa shape index (κ1) is 39.9. The lowest BCUT2D eigenvalue weighted by Gasteiger charge is -2.54. The molecule has 1 spiro atoms. The van der Waals surface area contributed by atoms with Crippen LogP contribution in [0, 0.1) is 11.8 Å². The van der Waals surface area contributed by atoms with Crippen molar-refractivity contribution in [3.8, 4) is 0 Å². The van der Waals surface area contributed by atoms with E-state index in [-0.39, 0.29) is 30.8 Å². The SMILES string of the molecule is CCCCC1(OC(=O)CCC(=O)O)CCC2(CCC(C)C(C/C=C(C)\C=C\C(O)C(C)/C=C/C(=O)O)O2)OC1CC/C(C)=C/C(=O)O. The average molecular weight is 663 g/mol. The highest BCUT2D eigenvalue weighted by Crippen LogP contribution is 2.48. The molecule has 264 valence electrons. The molecule has 4 N–H and O–H groups in total. The van der Waals surface area contributed by atoms with Crippen LogP contribution in [-0.4, -0.2) is 74.0 Å². The van der Waals surface area contributed by atoms with Crippen molar-refractivity contribution in [2.45, 2.75) is 141 Å². The smallest absolute Gasteiger partial charge is 0.328 e. The van der Waals surface area contributed by atoms with Crippen molar-refractivity contribution in [3.05, 3.63) is 47.6 Å². The highest BCUT2D eigenvalue weighted by atomic mass is 16.7. The van der Waals surface area contributed by atoms with Crippen molar-refractivity contribution < 1.29 is 53.8 Å². The summed E-state index contributed by atoms with van der Waals surface area (Å²) in [5.41, 5.74) is 0.592. The number of hydrogen-bond donors (Lipinski definition) is 4. The van der Waals surface area contributed by atoms with Crippen molar-refractivity contribution in [3.63, 3.8) is 0 Å². The lowest BCUT2D eigenvalue weighted by Crippen LogP contribution is -2.60. The van der Waals surface area contributed by atoms with Gasteiger partial charge in [-0.3, -0.25) is 9.59 Å². The molecule has 7 atom stereocenters. The molecule has 0 aromatic rings. The largest absolute Gasteiger partial charge is 0.481 e. The molecule has 2 saturated heterocycles. The summed E-state index contributed by atoms with van der Waals surface area (Å²) in [5, 5.41) is 37.5. The maximum absolute atomic E-state index is 12.9. The third kappa shape index (κ3) is 13.4. The molecule has 47 heavy (non-hydrogen) atoms. The Balaban J connectivity index is 2.27. The zero-order valence-corrected chi connectivity index (χ0v) is 28.5. The Bertz CT molecular complexity index is 1200. The number of carboxylic acid groups (broad SMARTS) is 3. The Hall–Kier alpha value is -3.28. The number of rotatable bonds is 18. The summed E-state index contributed by atoms with van der Waals surface area (Å²) in [5.74, 6) is -4.80. The molecule has 2 heterocycles. The average Bonchev–Trinajstić information content (AvgIpc) is 3.01. The molecule has 11 heteroatoms. The number of aliphatic hydroxyl groups excluding tert-OH is 1.